The quantitative estimate of drug-likeness (QED) is 0.613. The number of ether oxygens (including phenoxy) is 3. The Morgan fingerprint density at radius 1 is 0.889 bits per heavy atom. The number of carbonyl (C=O) groups is 2. The average molecular weight is 365 g/mol. The number of esters is 2. The minimum absolute atomic E-state index is 0.286. The third-order valence-corrected chi connectivity index (χ3v) is 4.60. The van der Waals surface area contributed by atoms with Crippen LogP contribution in [0.15, 0.2) is 48.0 Å². The fraction of sp³-hybridized carbons (Fsp3) is 0.238. The van der Waals surface area contributed by atoms with Crippen molar-refractivity contribution in [3.63, 3.8) is 0 Å². The van der Waals surface area contributed by atoms with Crippen molar-refractivity contribution >= 4 is 23.2 Å². The molecule has 0 radical (unpaired) electrons. The highest BCUT2D eigenvalue weighted by Gasteiger charge is 2.34. The topological polar surface area (TPSA) is 65.1 Å². The number of hydrogen-bond acceptors (Lipinski definition) is 6. The first-order valence-corrected chi connectivity index (χ1v) is 8.69. The van der Waals surface area contributed by atoms with Gasteiger partial charge in [-0.15, -0.1) is 0 Å². The molecule has 2 aromatic carbocycles. The molecular formula is C21H19NO5. The molecule has 0 aromatic heterocycles. The number of anilines is 1. The number of carbonyl (C=O) groups excluding carboxylic acids is 2. The minimum atomic E-state index is -0.628. The van der Waals surface area contributed by atoms with Gasteiger partial charge in [0.25, 0.3) is 0 Å². The maximum Gasteiger partial charge on any atom is 0.347 e. The van der Waals surface area contributed by atoms with Crippen LogP contribution in [0.3, 0.4) is 0 Å². The molecule has 0 N–H and O–H groups in total. The lowest BCUT2D eigenvalue weighted by atomic mass is 9.96. The first-order valence-electron chi connectivity index (χ1n) is 8.69. The smallest absolute Gasteiger partial charge is 0.347 e. The van der Waals surface area contributed by atoms with E-state index in [0.717, 1.165) is 11.3 Å². The van der Waals surface area contributed by atoms with Gasteiger partial charge in [-0.3, -0.25) is 0 Å². The highest BCUT2D eigenvalue weighted by Crippen LogP contribution is 2.36. The zero-order valence-electron chi connectivity index (χ0n) is 15.2. The van der Waals surface area contributed by atoms with Crippen molar-refractivity contribution in [3.8, 4) is 11.5 Å². The van der Waals surface area contributed by atoms with Crippen molar-refractivity contribution in [1.29, 1.82) is 0 Å². The van der Waals surface area contributed by atoms with Gasteiger partial charge in [0.15, 0.2) is 11.5 Å². The van der Waals surface area contributed by atoms with Crippen LogP contribution >= 0.6 is 0 Å². The number of hydrogen-bond donors (Lipinski definition) is 0. The molecule has 0 saturated heterocycles. The molecule has 0 unspecified atom stereocenters. The van der Waals surface area contributed by atoms with Crippen molar-refractivity contribution in [2.75, 3.05) is 32.2 Å². The first kappa shape index (κ1) is 17.1. The van der Waals surface area contributed by atoms with E-state index in [1.807, 2.05) is 43.3 Å². The number of fused-ring (bicyclic) bond motifs is 1. The summed E-state index contributed by atoms with van der Waals surface area (Å²) in [4.78, 5) is 26.6. The Morgan fingerprint density at radius 3 is 2.30 bits per heavy atom. The molecule has 6 heteroatoms. The van der Waals surface area contributed by atoms with Crippen LogP contribution in [0.4, 0.5) is 5.69 Å². The number of nitrogens with zero attached hydrogens (tertiary/aromatic N) is 1. The average Bonchev–Trinajstić information content (AvgIpc) is 2.95. The molecule has 27 heavy (non-hydrogen) atoms. The summed E-state index contributed by atoms with van der Waals surface area (Å²) in [6.45, 7) is 0.938. The second-order valence-corrected chi connectivity index (χ2v) is 6.63. The highest BCUT2D eigenvalue weighted by atomic mass is 16.6. The van der Waals surface area contributed by atoms with Gasteiger partial charge in [-0.1, -0.05) is 18.2 Å². The molecule has 0 aliphatic carbocycles. The van der Waals surface area contributed by atoms with E-state index in [1.54, 1.807) is 18.2 Å². The summed E-state index contributed by atoms with van der Waals surface area (Å²) < 4.78 is 16.0. The second-order valence-electron chi connectivity index (χ2n) is 6.63. The molecule has 4 rings (SSSR count). The van der Waals surface area contributed by atoms with Gasteiger partial charge in [0, 0.05) is 26.2 Å². The Morgan fingerprint density at radius 2 is 1.59 bits per heavy atom. The molecule has 2 aromatic rings. The number of cyclic esters (lactones) is 2. The van der Waals surface area contributed by atoms with Crippen molar-refractivity contribution in [2.24, 2.45) is 0 Å². The third kappa shape index (κ3) is 3.26. The van der Waals surface area contributed by atoms with Crippen LogP contribution in [0.25, 0.3) is 5.57 Å². The minimum Gasteiger partial charge on any atom is -0.486 e. The van der Waals surface area contributed by atoms with Gasteiger partial charge in [0.05, 0.1) is 11.1 Å². The maximum absolute atomic E-state index is 12.3. The fourth-order valence-corrected chi connectivity index (χ4v) is 3.19. The summed E-state index contributed by atoms with van der Waals surface area (Å²) in [6.07, 6.45) is 0.321. The summed E-state index contributed by atoms with van der Waals surface area (Å²) in [5.74, 6) is -0.0321. The van der Waals surface area contributed by atoms with Crippen molar-refractivity contribution < 1.29 is 23.8 Å². The Hall–Kier alpha value is -3.28. The normalized spacial score (nSPS) is 15.8. The Labute approximate surface area is 156 Å². The van der Waals surface area contributed by atoms with Gasteiger partial charge < -0.3 is 19.1 Å². The third-order valence-electron chi connectivity index (χ3n) is 4.60. The molecule has 0 spiro atoms. The van der Waals surface area contributed by atoms with Crippen LogP contribution in [0.2, 0.25) is 0 Å². The van der Waals surface area contributed by atoms with E-state index in [1.165, 1.54) is 0 Å². The summed E-state index contributed by atoms with van der Waals surface area (Å²) in [7, 11) is 3.93. The molecular weight excluding hydrogens is 346 g/mol. The predicted octanol–water partition coefficient (Wildman–Crippen LogP) is 2.60. The molecule has 0 saturated carbocycles. The van der Waals surface area contributed by atoms with E-state index in [-0.39, 0.29) is 5.57 Å². The van der Waals surface area contributed by atoms with Crippen LogP contribution in [0, 0.1) is 0 Å². The summed E-state index contributed by atoms with van der Waals surface area (Å²) in [5.41, 5.74) is 3.22. The summed E-state index contributed by atoms with van der Waals surface area (Å²) >= 11 is 0. The van der Waals surface area contributed by atoms with Crippen molar-refractivity contribution in [3.05, 3.63) is 59.2 Å². The molecule has 6 nitrogen and oxygen atoms in total. The Kier molecular flexibility index (Phi) is 4.32. The van der Waals surface area contributed by atoms with Gasteiger partial charge in [0.2, 0.25) is 0 Å². The van der Waals surface area contributed by atoms with Gasteiger partial charge in [-0.05, 0) is 35.4 Å². The van der Waals surface area contributed by atoms with Crippen molar-refractivity contribution in [2.45, 2.75) is 6.42 Å². The van der Waals surface area contributed by atoms with E-state index in [0.29, 0.717) is 42.3 Å². The van der Waals surface area contributed by atoms with E-state index in [4.69, 9.17) is 14.2 Å². The van der Waals surface area contributed by atoms with Crippen LogP contribution in [0.1, 0.15) is 11.1 Å². The van der Waals surface area contributed by atoms with Crippen LogP contribution in [-0.4, -0.2) is 39.2 Å². The molecule has 2 heterocycles. The van der Waals surface area contributed by atoms with Gasteiger partial charge in [-0.25, -0.2) is 9.59 Å². The lowest BCUT2D eigenvalue weighted by molar-refractivity contribution is -0.150. The van der Waals surface area contributed by atoms with E-state index in [9.17, 15) is 9.59 Å². The van der Waals surface area contributed by atoms with E-state index < -0.39 is 11.9 Å². The van der Waals surface area contributed by atoms with Crippen molar-refractivity contribution in [1.82, 2.24) is 0 Å². The molecule has 0 bridgehead atoms. The molecule has 138 valence electrons. The fourth-order valence-electron chi connectivity index (χ4n) is 3.19. The second kappa shape index (κ2) is 6.79. The van der Waals surface area contributed by atoms with Gasteiger partial charge >= 0.3 is 11.9 Å². The maximum atomic E-state index is 12.3. The standard InChI is InChI=1S/C21H19NO5/c1-22(2)15-6-3-13(4-7-15)11-16-19(21(24)27-20(16)23)14-5-8-17-18(12-14)26-10-9-25-17/h3-8,12H,9-11H2,1-2H3. The highest BCUT2D eigenvalue weighted by molar-refractivity contribution is 6.31. The first-order chi connectivity index (χ1) is 13.0. The largest absolute Gasteiger partial charge is 0.486 e. The van der Waals surface area contributed by atoms with Gasteiger partial charge in [-0.2, -0.15) is 0 Å². The zero-order chi connectivity index (χ0) is 19.0. The molecule has 2 aliphatic rings. The Balaban J connectivity index is 1.70. The van der Waals surface area contributed by atoms with Gasteiger partial charge in [0.1, 0.15) is 13.2 Å². The summed E-state index contributed by atoms with van der Waals surface area (Å²) in [5, 5.41) is 0. The van der Waals surface area contributed by atoms with Crippen LogP contribution in [-0.2, 0) is 20.7 Å². The zero-order valence-corrected chi connectivity index (χ0v) is 15.2. The predicted molar refractivity (Wildman–Crippen MR) is 99.9 cm³/mol. The number of benzene rings is 2. The summed E-state index contributed by atoms with van der Waals surface area (Å²) in [6, 6.07) is 13.1. The van der Waals surface area contributed by atoms with Crippen LogP contribution < -0.4 is 14.4 Å². The molecule has 0 amide bonds. The molecule has 0 fully saturated rings. The monoisotopic (exact) mass is 365 g/mol. The van der Waals surface area contributed by atoms with E-state index in [2.05, 4.69) is 0 Å². The SMILES string of the molecule is CN(C)c1ccc(CC2=C(c3ccc4c(c3)OCCO4)C(=O)OC2=O)cc1. The Bertz CT molecular complexity index is 944. The molecule has 2 aliphatic heterocycles. The lowest BCUT2D eigenvalue weighted by Crippen LogP contribution is -2.15. The van der Waals surface area contributed by atoms with Crippen LogP contribution in [0.5, 0.6) is 11.5 Å². The van der Waals surface area contributed by atoms with E-state index >= 15 is 0 Å². The number of rotatable bonds is 4. The lowest BCUT2D eigenvalue weighted by Gasteiger charge is -2.18. The molecule has 0 atom stereocenters.